The number of amides is 1. The number of sulfonamides is 1. The third kappa shape index (κ3) is 3.42. The smallest absolute Gasteiger partial charge is 0.264 e. The molecule has 2 heterocycles. The third-order valence-corrected chi connectivity index (χ3v) is 8.72. The predicted molar refractivity (Wildman–Crippen MR) is 125 cm³/mol. The summed E-state index contributed by atoms with van der Waals surface area (Å²) in [5, 5.41) is 0. The number of rotatable bonds is 3. The standard InChI is InChI=1S/C24H22N2O3S2/c1-17-15-18-7-2-3-10-21(18)26(17)31(28,29)20-9-6-8-19(16-20)24(27)25-13-14-30-23-12-5-4-11-22(23)25/h2-12,16-17H,13-15H2,1H3. The molecular weight excluding hydrogens is 428 g/mol. The SMILES string of the molecule is CC1Cc2ccccc2N1S(=O)(=O)c1cccc(C(=O)N2CCSc3ccccc32)c1. The number of anilines is 2. The first-order valence-corrected chi connectivity index (χ1v) is 12.7. The lowest BCUT2D eigenvalue weighted by Gasteiger charge is -2.29. The minimum absolute atomic E-state index is 0.140. The van der Waals surface area contributed by atoms with Gasteiger partial charge in [-0.3, -0.25) is 9.10 Å². The molecule has 0 aromatic heterocycles. The lowest BCUT2D eigenvalue weighted by atomic mass is 10.1. The summed E-state index contributed by atoms with van der Waals surface area (Å²) in [6.07, 6.45) is 0.677. The van der Waals surface area contributed by atoms with E-state index in [9.17, 15) is 13.2 Å². The molecule has 0 aliphatic carbocycles. The minimum atomic E-state index is -3.79. The Morgan fingerprint density at radius 1 is 0.968 bits per heavy atom. The average Bonchev–Trinajstić information content (AvgIpc) is 3.14. The molecule has 158 valence electrons. The van der Waals surface area contributed by atoms with Crippen LogP contribution < -0.4 is 9.21 Å². The molecule has 3 aromatic rings. The Morgan fingerprint density at radius 3 is 2.55 bits per heavy atom. The van der Waals surface area contributed by atoms with E-state index in [0.29, 0.717) is 24.2 Å². The molecule has 0 saturated heterocycles. The van der Waals surface area contributed by atoms with E-state index in [1.54, 1.807) is 34.9 Å². The van der Waals surface area contributed by atoms with Crippen LogP contribution in [0.1, 0.15) is 22.8 Å². The molecule has 1 unspecified atom stereocenters. The normalized spacial score (nSPS) is 17.9. The van der Waals surface area contributed by atoms with Crippen LogP contribution in [0.5, 0.6) is 0 Å². The third-order valence-electron chi connectivity index (χ3n) is 5.76. The van der Waals surface area contributed by atoms with Crippen LogP contribution in [0, 0.1) is 0 Å². The lowest BCUT2D eigenvalue weighted by molar-refractivity contribution is 0.0987. The number of hydrogen-bond donors (Lipinski definition) is 0. The summed E-state index contributed by atoms with van der Waals surface area (Å²) in [7, 11) is -3.79. The number of thioether (sulfide) groups is 1. The summed E-state index contributed by atoms with van der Waals surface area (Å²) in [6, 6.07) is 21.6. The van der Waals surface area contributed by atoms with Crippen molar-refractivity contribution in [3.05, 3.63) is 83.9 Å². The Hall–Kier alpha value is -2.77. The zero-order chi connectivity index (χ0) is 21.6. The van der Waals surface area contributed by atoms with Crippen LogP contribution >= 0.6 is 11.8 Å². The molecule has 31 heavy (non-hydrogen) atoms. The molecule has 7 heteroatoms. The second-order valence-electron chi connectivity index (χ2n) is 7.78. The monoisotopic (exact) mass is 450 g/mol. The van der Waals surface area contributed by atoms with E-state index in [0.717, 1.165) is 21.9 Å². The zero-order valence-corrected chi connectivity index (χ0v) is 18.7. The summed E-state index contributed by atoms with van der Waals surface area (Å²) < 4.78 is 28.6. The van der Waals surface area contributed by atoms with Gasteiger partial charge in [-0.2, -0.15) is 0 Å². The number of carbonyl (C=O) groups is 1. The van der Waals surface area contributed by atoms with Crippen LogP contribution in [-0.2, 0) is 16.4 Å². The average molecular weight is 451 g/mol. The van der Waals surface area contributed by atoms with Gasteiger partial charge in [0, 0.05) is 28.8 Å². The van der Waals surface area contributed by atoms with Crippen LogP contribution in [0.4, 0.5) is 11.4 Å². The molecule has 5 rings (SSSR count). The quantitative estimate of drug-likeness (QED) is 0.586. The number of para-hydroxylation sites is 2. The van der Waals surface area contributed by atoms with Gasteiger partial charge in [-0.15, -0.1) is 11.8 Å². The van der Waals surface area contributed by atoms with Crippen molar-refractivity contribution in [1.82, 2.24) is 0 Å². The topological polar surface area (TPSA) is 57.7 Å². The summed E-state index contributed by atoms with van der Waals surface area (Å²) in [5.41, 5.74) is 2.99. The summed E-state index contributed by atoms with van der Waals surface area (Å²) in [5.74, 6) is 0.627. The van der Waals surface area contributed by atoms with Crippen LogP contribution in [0.2, 0.25) is 0 Å². The molecule has 2 aliphatic heterocycles. The van der Waals surface area contributed by atoms with E-state index >= 15 is 0 Å². The number of nitrogens with zero attached hydrogens (tertiary/aromatic N) is 2. The van der Waals surface area contributed by atoms with Crippen molar-refractivity contribution in [2.45, 2.75) is 29.2 Å². The number of carbonyl (C=O) groups excluding carboxylic acids is 1. The van der Waals surface area contributed by atoms with Crippen LogP contribution in [0.3, 0.4) is 0 Å². The summed E-state index contributed by atoms with van der Waals surface area (Å²) in [6.45, 7) is 2.50. The fourth-order valence-corrected chi connectivity index (χ4v) is 7.08. The molecule has 1 amide bonds. The van der Waals surface area contributed by atoms with Gasteiger partial charge < -0.3 is 4.90 Å². The number of fused-ring (bicyclic) bond motifs is 2. The van der Waals surface area contributed by atoms with E-state index in [-0.39, 0.29) is 16.8 Å². The zero-order valence-electron chi connectivity index (χ0n) is 17.1. The predicted octanol–water partition coefficient (Wildman–Crippen LogP) is 4.58. The van der Waals surface area contributed by atoms with Crippen molar-refractivity contribution in [3.63, 3.8) is 0 Å². The molecule has 5 nitrogen and oxygen atoms in total. The highest BCUT2D eigenvalue weighted by Crippen LogP contribution is 2.37. The molecule has 0 fully saturated rings. The maximum absolute atomic E-state index is 13.6. The maximum Gasteiger partial charge on any atom is 0.264 e. The van der Waals surface area contributed by atoms with E-state index in [1.165, 1.54) is 10.4 Å². The first-order valence-electron chi connectivity index (χ1n) is 10.2. The highest BCUT2D eigenvalue weighted by molar-refractivity contribution is 7.99. The van der Waals surface area contributed by atoms with E-state index in [4.69, 9.17) is 0 Å². The number of benzene rings is 3. The van der Waals surface area contributed by atoms with Gasteiger partial charge in [0.15, 0.2) is 0 Å². The van der Waals surface area contributed by atoms with Gasteiger partial charge >= 0.3 is 0 Å². The van der Waals surface area contributed by atoms with Gasteiger partial charge in [0.05, 0.1) is 16.3 Å². The van der Waals surface area contributed by atoms with Gasteiger partial charge in [-0.1, -0.05) is 36.4 Å². The van der Waals surface area contributed by atoms with Gasteiger partial charge in [0.1, 0.15) is 0 Å². The van der Waals surface area contributed by atoms with Crippen molar-refractivity contribution in [2.24, 2.45) is 0 Å². The summed E-state index contributed by atoms with van der Waals surface area (Å²) in [4.78, 5) is 16.3. The molecule has 0 bridgehead atoms. The fourth-order valence-electron chi connectivity index (χ4n) is 4.34. The van der Waals surface area contributed by atoms with Crippen molar-refractivity contribution >= 4 is 39.1 Å². The van der Waals surface area contributed by atoms with E-state index in [2.05, 4.69) is 0 Å². The van der Waals surface area contributed by atoms with Gasteiger partial charge in [0.25, 0.3) is 15.9 Å². The molecular formula is C24H22N2O3S2. The van der Waals surface area contributed by atoms with Crippen molar-refractivity contribution < 1.29 is 13.2 Å². The highest BCUT2D eigenvalue weighted by atomic mass is 32.2. The molecule has 0 saturated carbocycles. The fraction of sp³-hybridized carbons (Fsp3) is 0.208. The minimum Gasteiger partial charge on any atom is -0.306 e. The van der Waals surface area contributed by atoms with Crippen LogP contribution in [-0.4, -0.2) is 32.7 Å². The highest BCUT2D eigenvalue weighted by Gasteiger charge is 2.36. The Balaban J connectivity index is 1.51. The van der Waals surface area contributed by atoms with Crippen molar-refractivity contribution in [1.29, 1.82) is 0 Å². The summed E-state index contributed by atoms with van der Waals surface area (Å²) >= 11 is 1.73. The van der Waals surface area contributed by atoms with E-state index < -0.39 is 10.0 Å². The van der Waals surface area contributed by atoms with Gasteiger partial charge in [-0.05, 0) is 55.3 Å². The Morgan fingerprint density at radius 2 is 1.71 bits per heavy atom. The van der Waals surface area contributed by atoms with Crippen molar-refractivity contribution in [3.8, 4) is 0 Å². The molecule has 2 aliphatic rings. The largest absolute Gasteiger partial charge is 0.306 e. The van der Waals surface area contributed by atoms with Crippen molar-refractivity contribution in [2.75, 3.05) is 21.5 Å². The Kier molecular flexibility index (Phi) is 5.02. The molecule has 1 atom stereocenters. The second-order valence-corrected chi connectivity index (χ2v) is 10.7. The Bertz CT molecular complexity index is 1270. The Labute approximate surface area is 186 Å². The first kappa shape index (κ1) is 20.2. The lowest BCUT2D eigenvalue weighted by Crippen LogP contribution is -2.37. The molecule has 0 spiro atoms. The van der Waals surface area contributed by atoms with E-state index in [1.807, 2.05) is 55.5 Å². The maximum atomic E-state index is 13.6. The number of hydrogen-bond acceptors (Lipinski definition) is 4. The van der Waals surface area contributed by atoms with Crippen LogP contribution in [0.25, 0.3) is 0 Å². The van der Waals surface area contributed by atoms with Crippen LogP contribution in [0.15, 0.2) is 82.6 Å². The second kappa shape index (κ2) is 7.73. The van der Waals surface area contributed by atoms with Gasteiger partial charge in [-0.25, -0.2) is 8.42 Å². The van der Waals surface area contributed by atoms with Gasteiger partial charge in [0.2, 0.25) is 0 Å². The molecule has 0 N–H and O–H groups in total. The molecule has 3 aromatic carbocycles. The molecule has 0 radical (unpaired) electrons. The first-order chi connectivity index (χ1) is 15.0.